The molecule has 1 rings (SSSR count). The van der Waals surface area contributed by atoms with Gasteiger partial charge in [0.25, 0.3) is 0 Å². The zero-order valence-corrected chi connectivity index (χ0v) is 7.36. The van der Waals surface area contributed by atoms with Gasteiger partial charge >= 0.3 is 0 Å². The van der Waals surface area contributed by atoms with E-state index in [9.17, 15) is 9.90 Å². The summed E-state index contributed by atoms with van der Waals surface area (Å²) < 4.78 is 2.00. The molecule has 0 amide bonds. The van der Waals surface area contributed by atoms with E-state index in [-0.39, 0.29) is 6.42 Å². The molecule has 0 unspecified atom stereocenters. The van der Waals surface area contributed by atoms with Gasteiger partial charge in [-0.3, -0.25) is 0 Å². The normalized spacial score (nSPS) is 8.17. The van der Waals surface area contributed by atoms with Crippen LogP contribution < -0.4 is 9.67 Å². The number of rotatable bonds is 1. The minimum absolute atomic E-state index is 0.111. The van der Waals surface area contributed by atoms with Gasteiger partial charge in [-0.15, -0.1) is 0 Å². The second-order valence-electron chi connectivity index (χ2n) is 2.27. The molecule has 12 heavy (non-hydrogen) atoms. The fourth-order valence-electron chi connectivity index (χ4n) is 0.485. The number of pyridine rings is 1. The lowest BCUT2D eigenvalue weighted by molar-refractivity contribution is -0.671. The first kappa shape index (κ1) is 10.6. The first-order valence-electron chi connectivity index (χ1n) is 3.77. The first-order chi connectivity index (χ1) is 5.66. The average Bonchev–Trinajstić information content (AvgIpc) is 2.07. The SMILES string of the molecule is CCC(=O)[O-].C[n+]1ccccc1. The van der Waals surface area contributed by atoms with Crippen LogP contribution in [0.5, 0.6) is 0 Å². The number of carbonyl (C=O) groups excluding carboxylic acids is 1. The van der Waals surface area contributed by atoms with Crippen molar-refractivity contribution in [2.24, 2.45) is 7.05 Å². The van der Waals surface area contributed by atoms with Crippen molar-refractivity contribution >= 4 is 5.97 Å². The highest BCUT2D eigenvalue weighted by molar-refractivity contribution is 5.63. The Balaban J connectivity index is 0.000000217. The van der Waals surface area contributed by atoms with Crippen LogP contribution in [0.3, 0.4) is 0 Å². The standard InChI is InChI=1S/C6H8N.C3H6O2/c1-7-5-3-2-4-6-7;1-2-3(4)5/h2-6H,1H3;2H2,1H3,(H,4,5)/q+1;/p-1. The predicted octanol–water partition coefficient (Wildman–Crippen LogP) is -0.343. The monoisotopic (exact) mass is 167 g/mol. The Morgan fingerprint density at radius 1 is 1.33 bits per heavy atom. The van der Waals surface area contributed by atoms with E-state index < -0.39 is 5.97 Å². The van der Waals surface area contributed by atoms with E-state index in [2.05, 4.69) is 0 Å². The minimum atomic E-state index is -0.995. The maximum absolute atomic E-state index is 9.26. The zero-order valence-electron chi connectivity index (χ0n) is 7.36. The van der Waals surface area contributed by atoms with E-state index in [1.165, 1.54) is 6.92 Å². The van der Waals surface area contributed by atoms with Gasteiger partial charge in [-0.1, -0.05) is 13.0 Å². The summed E-state index contributed by atoms with van der Waals surface area (Å²) in [6.07, 6.45) is 4.11. The van der Waals surface area contributed by atoms with Crippen LogP contribution in [-0.4, -0.2) is 5.97 Å². The Labute approximate surface area is 72.3 Å². The highest BCUT2D eigenvalue weighted by Crippen LogP contribution is 1.71. The van der Waals surface area contributed by atoms with Crippen molar-refractivity contribution < 1.29 is 14.5 Å². The van der Waals surface area contributed by atoms with Crippen molar-refractivity contribution in [2.75, 3.05) is 0 Å². The van der Waals surface area contributed by atoms with Gasteiger partial charge in [0.1, 0.15) is 7.05 Å². The van der Waals surface area contributed by atoms with E-state index in [0.717, 1.165) is 0 Å². The molecular weight excluding hydrogens is 154 g/mol. The largest absolute Gasteiger partial charge is 0.550 e. The zero-order chi connectivity index (χ0) is 9.40. The summed E-state index contributed by atoms with van der Waals surface area (Å²) in [5, 5.41) is 9.26. The molecule has 0 aliphatic carbocycles. The first-order valence-corrected chi connectivity index (χ1v) is 3.77. The molecule has 1 aromatic heterocycles. The van der Waals surface area contributed by atoms with Gasteiger partial charge in [0.05, 0.1) is 0 Å². The predicted molar refractivity (Wildman–Crippen MR) is 42.9 cm³/mol. The van der Waals surface area contributed by atoms with E-state index in [4.69, 9.17) is 0 Å². The Bertz CT molecular complexity index is 221. The fourth-order valence-corrected chi connectivity index (χ4v) is 0.485. The molecule has 3 nitrogen and oxygen atoms in total. The van der Waals surface area contributed by atoms with Crippen LogP contribution >= 0.6 is 0 Å². The Hall–Kier alpha value is -1.38. The summed E-state index contributed by atoms with van der Waals surface area (Å²) in [4.78, 5) is 9.26. The van der Waals surface area contributed by atoms with Crippen molar-refractivity contribution in [3.63, 3.8) is 0 Å². The van der Waals surface area contributed by atoms with Crippen LogP contribution in [-0.2, 0) is 11.8 Å². The number of aromatic nitrogens is 1. The van der Waals surface area contributed by atoms with Crippen molar-refractivity contribution in [3.8, 4) is 0 Å². The number of hydrogen-bond acceptors (Lipinski definition) is 2. The lowest BCUT2D eigenvalue weighted by Gasteiger charge is -1.87. The number of aliphatic carboxylic acids is 1. The van der Waals surface area contributed by atoms with Crippen molar-refractivity contribution in [2.45, 2.75) is 13.3 Å². The maximum atomic E-state index is 9.26. The van der Waals surface area contributed by atoms with Gasteiger partial charge in [0.15, 0.2) is 12.4 Å². The van der Waals surface area contributed by atoms with Gasteiger partial charge in [0, 0.05) is 18.1 Å². The lowest BCUT2D eigenvalue weighted by atomic mass is 10.5. The van der Waals surface area contributed by atoms with Gasteiger partial charge in [-0.05, 0) is 6.42 Å². The quantitative estimate of drug-likeness (QED) is 0.537. The maximum Gasteiger partial charge on any atom is 0.168 e. The van der Waals surface area contributed by atoms with Crippen LogP contribution in [0.2, 0.25) is 0 Å². The van der Waals surface area contributed by atoms with Gasteiger partial charge in [-0.2, -0.15) is 0 Å². The molecule has 0 bridgehead atoms. The van der Waals surface area contributed by atoms with Gasteiger partial charge < -0.3 is 9.90 Å². The summed E-state index contributed by atoms with van der Waals surface area (Å²) in [5.74, 6) is -0.995. The Morgan fingerprint density at radius 2 is 1.75 bits per heavy atom. The van der Waals surface area contributed by atoms with Crippen LogP contribution in [0.25, 0.3) is 0 Å². The van der Waals surface area contributed by atoms with Gasteiger partial charge in [-0.25, -0.2) is 4.57 Å². The highest BCUT2D eigenvalue weighted by Gasteiger charge is 1.78. The fraction of sp³-hybridized carbons (Fsp3) is 0.333. The number of nitrogens with zero attached hydrogens (tertiary/aromatic N) is 1. The van der Waals surface area contributed by atoms with Crippen molar-refractivity contribution in [1.82, 2.24) is 0 Å². The van der Waals surface area contributed by atoms with E-state index in [1.54, 1.807) is 0 Å². The molecule has 0 N–H and O–H groups in total. The second-order valence-corrected chi connectivity index (χ2v) is 2.27. The molecule has 3 heteroatoms. The molecular formula is C9H13NO2. The van der Waals surface area contributed by atoms with Crippen LogP contribution in [0.4, 0.5) is 0 Å². The highest BCUT2D eigenvalue weighted by atomic mass is 16.4. The van der Waals surface area contributed by atoms with E-state index >= 15 is 0 Å². The molecule has 0 radical (unpaired) electrons. The molecule has 1 heterocycles. The summed E-state index contributed by atoms with van der Waals surface area (Å²) >= 11 is 0. The summed E-state index contributed by atoms with van der Waals surface area (Å²) in [6.45, 7) is 1.54. The van der Waals surface area contributed by atoms with Crippen molar-refractivity contribution in [1.29, 1.82) is 0 Å². The second kappa shape index (κ2) is 6.34. The molecule has 1 aromatic rings. The Kier molecular flexibility index (Phi) is 5.61. The third-order valence-electron chi connectivity index (χ3n) is 1.15. The molecule has 0 saturated carbocycles. The average molecular weight is 167 g/mol. The smallest absolute Gasteiger partial charge is 0.168 e. The molecule has 0 atom stereocenters. The number of carbonyl (C=O) groups is 1. The van der Waals surface area contributed by atoms with E-state index in [0.29, 0.717) is 0 Å². The molecule has 0 saturated heterocycles. The third-order valence-corrected chi connectivity index (χ3v) is 1.15. The minimum Gasteiger partial charge on any atom is -0.550 e. The number of carboxylic acid groups (broad SMARTS) is 1. The summed E-state index contributed by atoms with van der Waals surface area (Å²) in [6, 6.07) is 6.00. The van der Waals surface area contributed by atoms with Crippen LogP contribution in [0.1, 0.15) is 13.3 Å². The molecule has 66 valence electrons. The van der Waals surface area contributed by atoms with Crippen molar-refractivity contribution in [3.05, 3.63) is 30.6 Å². The van der Waals surface area contributed by atoms with E-state index in [1.807, 2.05) is 42.2 Å². The Morgan fingerprint density at radius 3 is 1.92 bits per heavy atom. The number of aryl methyl sites for hydroxylation is 1. The number of hydrogen-bond donors (Lipinski definition) is 0. The molecule has 0 aliphatic rings. The molecule has 0 spiro atoms. The third kappa shape index (κ3) is 6.74. The van der Waals surface area contributed by atoms with Crippen LogP contribution in [0, 0.1) is 0 Å². The van der Waals surface area contributed by atoms with Crippen LogP contribution in [0.15, 0.2) is 30.6 Å². The number of carboxylic acids is 1. The molecule has 0 aliphatic heterocycles. The summed E-state index contributed by atoms with van der Waals surface area (Å²) in [5.41, 5.74) is 0. The molecule has 0 fully saturated rings. The molecule has 0 aromatic carbocycles. The topological polar surface area (TPSA) is 44.0 Å². The van der Waals surface area contributed by atoms with Gasteiger partial charge in [0.2, 0.25) is 0 Å². The lowest BCUT2D eigenvalue weighted by Crippen LogP contribution is -2.25. The summed E-state index contributed by atoms with van der Waals surface area (Å²) in [7, 11) is 2.00.